The standard InChI is InChI=1S/C24H32N6O3/c1-27-9-11-28(12-10-27)22-19-17-30(23(31)18-5-3-4-6-21(18)32-2)8-7-20(19)25-24(26-22)29-13-15-33-16-14-29/h3-6H,7-17H2,1-2H3. The van der Waals surface area contributed by atoms with E-state index in [0.29, 0.717) is 37.6 Å². The third-order valence-corrected chi connectivity index (χ3v) is 6.75. The number of rotatable bonds is 4. The quantitative estimate of drug-likeness (QED) is 0.687. The van der Waals surface area contributed by atoms with Crippen molar-refractivity contribution in [2.45, 2.75) is 13.0 Å². The van der Waals surface area contributed by atoms with Crippen LogP contribution in [0, 0.1) is 0 Å². The summed E-state index contributed by atoms with van der Waals surface area (Å²) in [6.07, 6.45) is 0.719. The van der Waals surface area contributed by atoms with Crippen molar-refractivity contribution in [3.63, 3.8) is 0 Å². The van der Waals surface area contributed by atoms with Gasteiger partial charge < -0.3 is 29.1 Å². The van der Waals surface area contributed by atoms with E-state index in [1.165, 1.54) is 0 Å². The summed E-state index contributed by atoms with van der Waals surface area (Å²) < 4.78 is 11.0. The number of hydrogen-bond acceptors (Lipinski definition) is 8. The Balaban J connectivity index is 1.47. The zero-order valence-electron chi connectivity index (χ0n) is 19.5. The van der Waals surface area contributed by atoms with Crippen LogP contribution in [0.5, 0.6) is 5.75 Å². The number of fused-ring (bicyclic) bond motifs is 1. The first-order valence-corrected chi connectivity index (χ1v) is 11.7. The molecule has 1 aromatic heterocycles. The Bertz CT molecular complexity index is 1000. The second kappa shape index (κ2) is 9.52. The van der Waals surface area contributed by atoms with E-state index in [9.17, 15) is 4.79 Å². The summed E-state index contributed by atoms with van der Waals surface area (Å²) in [7, 11) is 3.75. The Morgan fingerprint density at radius 2 is 1.73 bits per heavy atom. The molecule has 0 bridgehead atoms. The molecule has 176 valence electrons. The summed E-state index contributed by atoms with van der Waals surface area (Å²) in [5.41, 5.74) is 2.73. The van der Waals surface area contributed by atoms with Gasteiger partial charge in [-0.1, -0.05) is 12.1 Å². The second-order valence-electron chi connectivity index (χ2n) is 8.84. The summed E-state index contributed by atoms with van der Waals surface area (Å²) in [5.74, 6) is 2.36. The van der Waals surface area contributed by atoms with Crippen molar-refractivity contribution < 1.29 is 14.3 Å². The average Bonchev–Trinajstić information content (AvgIpc) is 2.88. The highest BCUT2D eigenvalue weighted by atomic mass is 16.5. The third-order valence-electron chi connectivity index (χ3n) is 6.75. The summed E-state index contributed by atoms with van der Waals surface area (Å²) in [6, 6.07) is 7.42. The van der Waals surface area contributed by atoms with Gasteiger partial charge in [0.25, 0.3) is 5.91 Å². The Kier molecular flexibility index (Phi) is 6.32. The van der Waals surface area contributed by atoms with Crippen molar-refractivity contribution in [2.75, 3.05) is 83.0 Å². The number of para-hydroxylation sites is 1. The Morgan fingerprint density at radius 3 is 2.48 bits per heavy atom. The molecule has 3 aliphatic rings. The van der Waals surface area contributed by atoms with Gasteiger partial charge in [-0.15, -0.1) is 0 Å². The monoisotopic (exact) mass is 452 g/mol. The Hall–Kier alpha value is -2.91. The maximum Gasteiger partial charge on any atom is 0.257 e. The van der Waals surface area contributed by atoms with E-state index in [2.05, 4.69) is 21.7 Å². The van der Waals surface area contributed by atoms with Gasteiger partial charge in [0.15, 0.2) is 0 Å². The number of carbonyl (C=O) groups excluding carboxylic acids is 1. The Morgan fingerprint density at radius 1 is 0.970 bits per heavy atom. The van der Waals surface area contributed by atoms with E-state index in [0.717, 1.165) is 68.7 Å². The van der Waals surface area contributed by atoms with Gasteiger partial charge in [0, 0.05) is 57.8 Å². The van der Waals surface area contributed by atoms with Crippen LogP contribution in [0.15, 0.2) is 24.3 Å². The number of likely N-dealkylation sites (N-methyl/N-ethyl adjacent to an activating group) is 1. The molecule has 2 saturated heterocycles. The SMILES string of the molecule is COc1ccccc1C(=O)N1CCc2nc(N3CCOCC3)nc(N3CCN(C)CC3)c2C1. The number of morpholine rings is 1. The second-order valence-corrected chi connectivity index (χ2v) is 8.84. The van der Waals surface area contributed by atoms with Gasteiger partial charge in [0.1, 0.15) is 11.6 Å². The number of nitrogens with zero attached hydrogens (tertiary/aromatic N) is 6. The number of ether oxygens (including phenoxy) is 2. The van der Waals surface area contributed by atoms with Crippen molar-refractivity contribution in [3.05, 3.63) is 41.1 Å². The fraction of sp³-hybridized carbons (Fsp3) is 0.542. The molecule has 1 aromatic carbocycles. The van der Waals surface area contributed by atoms with Gasteiger partial charge in [-0.25, -0.2) is 4.98 Å². The van der Waals surface area contributed by atoms with Gasteiger partial charge >= 0.3 is 0 Å². The normalized spacial score (nSPS) is 19.4. The third kappa shape index (κ3) is 4.47. The van der Waals surface area contributed by atoms with Gasteiger partial charge in [-0.2, -0.15) is 4.98 Å². The van der Waals surface area contributed by atoms with Crippen molar-refractivity contribution in [3.8, 4) is 5.75 Å². The smallest absolute Gasteiger partial charge is 0.257 e. The van der Waals surface area contributed by atoms with Gasteiger partial charge in [-0.05, 0) is 19.2 Å². The van der Waals surface area contributed by atoms with E-state index in [1.807, 2.05) is 29.2 Å². The van der Waals surface area contributed by atoms with Gasteiger partial charge in [-0.3, -0.25) is 4.79 Å². The van der Waals surface area contributed by atoms with Crippen LogP contribution in [0.3, 0.4) is 0 Å². The molecule has 2 fully saturated rings. The summed E-state index contributed by atoms with van der Waals surface area (Å²) in [6.45, 7) is 7.98. The molecule has 1 amide bonds. The van der Waals surface area contributed by atoms with E-state index in [1.54, 1.807) is 7.11 Å². The highest BCUT2D eigenvalue weighted by Gasteiger charge is 2.31. The predicted molar refractivity (Wildman–Crippen MR) is 126 cm³/mol. The van der Waals surface area contributed by atoms with Crippen LogP contribution in [0.4, 0.5) is 11.8 Å². The number of anilines is 2. The lowest BCUT2D eigenvalue weighted by Crippen LogP contribution is -2.46. The number of methoxy groups -OCH3 is 1. The van der Waals surface area contributed by atoms with Crippen LogP contribution in [-0.2, 0) is 17.7 Å². The van der Waals surface area contributed by atoms with E-state index < -0.39 is 0 Å². The van der Waals surface area contributed by atoms with E-state index in [-0.39, 0.29) is 5.91 Å². The highest BCUT2D eigenvalue weighted by Crippen LogP contribution is 2.31. The van der Waals surface area contributed by atoms with Crippen molar-refractivity contribution >= 4 is 17.7 Å². The molecule has 5 rings (SSSR count). The molecular weight excluding hydrogens is 420 g/mol. The minimum atomic E-state index is -0.0142. The van der Waals surface area contributed by atoms with Crippen molar-refractivity contribution in [2.24, 2.45) is 0 Å². The largest absolute Gasteiger partial charge is 0.496 e. The zero-order valence-corrected chi connectivity index (χ0v) is 19.5. The average molecular weight is 453 g/mol. The van der Waals surface area contributed by atoms with Crippen molar-refractivity contribution in [1.82, 2.24) is 19.8 Å². The minimum Gasteiger partial charge on any atom is -0.496 e. The molecule has 0 aliphatic carbocycles. The van der Waals surface area contributed by atoms with Crippen molar-refractivity contribution in [1.29, 1.82) is 0 Å². The van der Waals surface area contributed by atoms with Crippen LogP contribution < -0.4 is 14.5 Å². The van der Waals surface area contributed by atoms with Crippen LogP contribution in [0.25, 0.3) is 0 Å². The van der Waals surface area contributed by atoms with Crippen LogP contribution in [0.1, 0.15) is 21.6 Å². The maximum absolute atomic E-state index is 13.4. The molecule has 33 heavy (non-hydrogen) atoms. The lowest BCUT2D eigenvalue weighted by Gasteiger charge is -2.38. The van der Waals surface area contributed by atoms with Crippen LogP contribution in [-0.4, -0.2) is 98.9 Å². The number of amides is 1. The fourth-order valence-electron chi connectivity index (χ4n) is 4.73. The molecule has 0 unspecified atom stereocenters. The number of benzene rings is 1. The molecule has 0 radical (unpaired) electrons. The lowest BCUT2D eigenvalue weighted by atomic mass is 10.0. The molecule has 9 heteroatoms. The Labute approximate surface area is 194 Å². The number of aromatic nitrogens is 2. The van der Waals surface area contributed by atoms with E-state index >= 15 is 0 Å². The first-order chi connectivity index (χ1) is 16.1. The lowest BCUT2D eigenvalue weighted by molar-refractivity contribution is 0.0730. The highest BCUT2D eigenvalue weighted by molar-refractivity contribution is 5.97. The first-order valence-electron chi connectivity index (χ1n) is 11.7. The molecule has 9 nitrogen and oxygen atoms in total. The van der Waals surface area contributed by atoms with E-state index in [4.69, 9.17) is 19.4 Å². The van der Waals surface area contributed by atoms with Crippen LogP contribution in [0.2, 0.25) is 0 Å². The molecule has 4 heterocycles. The maximum atomic E-state index is 13.4. The molecular formula is C24H32N6O3. The number of piperazine rings is 1. The van der Waals surface area contributed by atoms with Gasteiger partial charge in [0.05, 0.1) is 38.1 Å². The minimum absolute atomic E-state index is 0.0142. The molecule has 2 aromatic rings. The fourth-order valence-corrected chi connectivity index (χ4v) is 4.73. The van der Waals surface area contributed by atoms with Crippen LogP contribution >= 0.6 is 0 Å². The molecule has 0 N–H and O–H groups in total. The zero-order chi connectivity index (χ0) is 22.8. The molecule has 0 saturated carbocycles. The summed E-state index contributed by atoms with van der Waals surface area (Å²) in [5, 5.41) is 0. The first kappa shape index (κ1) is 21.9. The molecule has 0 spiro atoms. The molecule has 3 aliphatic heterocycles. The molecule has 0 atom stereocenters. The topological polar surface area (TPSA) is 74.3 Å². The summed E-state index contributed by atoms with van der Waals surface area (Å²) in [4.78, 5) is 32.2. The summed E-state index contributed by atoms with van der Waals surface area (Å²) >= 11 is 0. The van der Waals surface area contributed by atoms with Gasteiger partial charge in [0.2, 0.25) is 5.95 Å². The number of carbonyl (C=O) groups is 1. The predicted octanol–water partition coefficient (Wildman–Crippen LogP) is 1.27. The number of hydrogen-bond donors (Lipinski definition) is 0.